The van der Waals surface area contributed by atoms with Crippen molar-refractivity contribution in [3.05, 3.63) is 52.7 Å². The normalized spacial score (nSPS) is 12.5. The van der Waals surface area contributed by atoms with Crippen LogP contribution in [0.25, 0.3) is 0 Å². The van der Waals surface area contributed by atoms with Gasteiger partial charge in [-0.1, -0.05) is 12.1 Å². The fraction of sp³-hybridized carbons (Fsp3) is 0.333. The zero-order valence-electron chi connectivity index (χ0n) is 13.1. The standard InChI is InChI=1S/C18H19N3OS/c1-2-22-16-5-3-4-13(8-16)6-7-20-18-14(10-19)9-15-11-23-12-17(15)21-18/h3-5,8-9H,2,6-7,11-12H2,1H3,(H,20,21). The molecule has 0 aliphatic carbocycles. The molecule has 4 nitrogen and oxygen atoms in total. The van der Waals surface area contributed by atoms with Gasteiger partial charge in [-0.25, -0.2) is 4.98 Å². The second-order valence-corrected chi connectivity index (χ2v) is 6.34. The summed E-state index contributed by atoms with van der Waals surface area (Å²) in [5.74, 6) is 3.50. The van der Waals surface area contributed by atoms with Crippen LogP contribution in [-0.2, 0) is 17.9 Å². The van der Waals surface area contributed by atoms with E-state index in [1.807, 2.05) is 36.9 Å². The molecular weight excluding hydrogens is 306 g/mol. The summed E-state index contributed by atoms with van der Waals surface area (Å²) in [5, 5.41) is 12.6. The van der Waals surface area contributed by atoms with E-state index in [0.29, 0.717) is 18.0 Å². The van der Waals surface area contributed by atoms with Gasteiger partial charge in [0.2, 0.25) is 0 Å². The summed E-state index contributed by atoms with van der Waals surface area (Å²) in [4.78, 5) is 4.62. The Labute approximate surface area is 140 Å². The van der Waals surface area contributed by atoms with Crippen LogP contribution in [0.15, 0.2) is 30.3 Å². The van der Waals surface area contributed by atoms with Crippen molar-refractivity contribution >= 4 is 17.6 Å². The molecule has 0 radical (unpaired) electrons. The Morgan fingerprint density at radius 1 is 1.35 bits per heavy atom. The highest BCUT2D eigenvalue weighted by molar-refractivity contribution is 7.98. The molecule has 5 heteroatoms. The molecule has 1 aromatic carbocycles. The third kappa shape index (κ3) is 3.77. The Morgan fingerprint density at radius 3 is 3.09 bits per heavy atom. The predicted molar refractivity (Wildman–Crippen MR) is 93.8 cm³/mol. The zero-order chi connectivity index (χ0) is 16.1. The summed E-state index contributed by atoms with van der Waals surface area (Å²) in [6, 6.07) is 12.3. The number of nitriles is 1. The summed E-state index contributed by atoms with van der Waals surface area (Å²) in [5.41, 5.74) is 4.14. The SMILES string of the molecule is CCOc1cccc(CCNc2nc3c(cc2C#N)CSC3)c1. The van der Waals surface area contributed by atoms with Gasteiger partial charge in [0, 0.05) is 18.1 Å². The monoisotopic (exact) mass is 325 g/mol. The van der Waals surface area contributed by atoms with E-state index in [2.05, 4.69) is 28.5 Å². The molecule has 0 saturated carbocycles. The molecule has 1 aromatic heterocycles. The van der Waals surface area contributed by atoms with Crippen LogP contribution in [0.5, 0.6) is 5.75 Å². The number of pyridine rings is 1. The van der Waals surface area contributed by atoms with Gasteiger partial charge in [-0.15, -0.1) is 0 Å². The van der Waals surface area contributed by atoms with Gasteiger partial charge in [-0.2, -0.15) is 17.0 Å². The topological polar surface area (TPSA) is 57.9 Å². The lowest BCUT2D eigenvalue weighted by atomic mass is 10.1. The van der Waals surface area contributed by atoms with Gasteiger partial charge in [0.05, 0.1) is 17.9 Å². The van der Waals surface area contributed by atoms with Crippen LogP contribution in [0.1, 0.15) is 29.3 Å². The number of thioether (sulfide) groups is 1. The van der Waals surface area contributed by atoms with Crippen molar-refractivity contribution < 1.29 is 4.74 Å². The van der Waals surface area contributed by atoms with E-state index in [-0.39, 0.29) is 0 Å². The van der Waals surface area contributed by atoms with Crippen molar-refractivity contribution in [2.75, 3.05) is 18.5 Å². The zero-order valence-corrected chi connectivity index (χ0v) is 13.9. The minimum Gasteiger partial charge on any atom is -0.494 e. The van der Waals surface area contributed by atoms with Crippen LogP contribution in [0, 0.1) is 11.3 Å². The molecular formula is C18H19N3OS. The van der Waals surface area contributed by atoms with Crippen molar-refractivity contribution in [3.8, 4) is 11.8 Å². The number of fused-ring (bicyclic) bond motifs is 1. The molecule has 2 aromatic rings. The molecule has 1 aliphatic rings. The number of rotatable bonds is 6. The molecule has 0 atom stereocenters. The number of hydrogen-bond acceptors (Lipinski definition) is 5. The van der Waals surface area contributed by atoms with Crippen LogP contribution < -0.4 is 10.1 Å². The molecule has 0 bridgehead atoms. The first kappa shape index (κ1) is 15.7. The number of benzene rings is 1. The Bertz CT molecular complexity index is 740. The molecule has 1 aliphatic heterocycles. The lowest BCUT2D eigenvalue weighted by molar-refractivity contribution is 0.340. The van der Waals surface area contributed by atoms with E-state index in [9.17, 15) is 5.26 Å². The predicted octanol–water partition coefficient (Wildman–Crippen LogP) is 3.75. The Hall–Kier alpha value is -2.19. The van der Waals surface area contributed by atoms with Crippen LogP contribution in [0.2, 0.25) is 0 Å². The van der Waals surface area contributed by atoms with E-state index >= 15 is 0 Å². The van der Waals surface area contributed by atoms with Crippen molar-refractivity contribution in [2.24, 2.45) is 0 Å². The molecule has 0 saturated heterocycles. The van der Waals surface area contributed by atoms with Crippen molar-refractivity contribution in [1.82, 2.24) is 4.98 Å². The van der Waals surface area contributed by atoms with Gasteiger partial charge < -0.3 is 10.1 Å². The highest BCUT2D eigenvalue weighted by atomic mass is 32.2. The molecule has 0 spiro atoms. The molecule has 0 unspecified atom stereocenters. The number of aromatic nitrogens is 1. The van der Waals surface area contributed by atoms with Gasteiger partial charge in [0.15, 0.2) is 0 Å². The second-order valence-electron chi connectivity index (χ2n) is 5.35. The maximum atomic E-state index is 9.31. The van der Waals surface area contributed by atoms with E-state index in [1.54, 1.807) is 0 Å². The molecule has 118 valence electrons. The maximum Gasteiger partial charge on any atom is 0.144 e. The smallest absolute Gasteiger partial charge is 0.144 e. The first-order valence-electron chi connectivity index (χ1n) is 7.76. The van der Waals surface area contributed by atoms with Gasteiger partial charge >= 0.3 is 0 Å². The minimum absolute atomic E-state index is 0.634. The van der Waals surface area contributed by atoms with Crippen LogP contribution in [0.3, 0.4) is 0 Å². The number of nitrogens with zero attached hydrogens (tertiary/aromatic N) is 2. The molecule has 23 heavy (non-hydrogen) atoms. The lowest BCUT2D eigenvalue weighted by Gasteiger charge is -2.10. The molecule has 3 rings (SSSR count). The number of hydrogen-bond donors (Lipinski definition) is 1. The van der Waals surface area contributed by atoms with Gasteiger partial charge in [0.25, 0.3) is 0 Å². The highest BCUT2D eigenvalue weighted by Gasteiger charge is 2.16. The average Bonchev–Trinajstić information content (AvgIpc) is 3.02. The Balaban J connectivity index is 1.65. The fourth-order valence-corrected chi connectivity index (χ4v) is 3.62. The van der Waals surface area contributed by atoms with Crippen molar-refractivity contribution in [1.29, 1.82) is 5.26 Å². The summed E-state index contributed by atoms with van der Waals surface area (Å²) in [6.07, 6.45) is 0.860. The number of ether oxygens (including phenoxy) is 1. The third-order valence-electron chi connectivity index (χ3n) is 3.72. The van der Waals surface area contributed by atoms with E-state index in [1.165, 1.54) is 11.1 Å². The number of nitrogens with one attached hydrogen (secondary N) is 1. The highest BCUT2D eigenvalue weighted by Crippen LogP contribution is 2.31. The molecule has 2 heterocycles. The molecule has 0 fully saturated rings. The van der Waals surface area contributed by atoms with Crippen LogP contribution in [-0.4, -0.2) is 18.1 Å². The minimum atomic E-state index is 0.634. The van der Waals surface area contributed by atoms with Gasteiger partial charge in [0.1, 0.15) is 17.6 Å². The Kier molecular flexibility index (Phi) is 5.04. The van der Waals surface area contributed by atoms with E-state index in [0.717, 1.165) is 35.9 Å². The van der Waals surface area contributed by atoms with E-state index < -0.39 is 0 Å². The first-order chi connectivity index (χ1) is 11.3. The average molecular weight is 325 g/mol. The van der Waals surface area contributed by atoms with Crippen molar-refractivity contribution in [2.45, 2.75) is 24.9 Å². The molecule has 1 N–H and O–H groups in total. The second kappa shape index (κ2) is 7.38. The number of anilines is 1. The largest absolute Gasteiger partial charge is 0.494 e. The summed E-state index contributed by atoms with van der Waals surface area (Å²) in [6.45, 7) is 3.39. The van der Waals surface area contributed by atoms with E-state index in [4.69, 9.17) is 4.74 Å². The third-order valence-corrected chi connectivity index (χ3v) is 4.72. The van der Waals surface area contributed by atoms with Crippen LogP contribution >= 0.6 is 11.8 Å². The summed E-state index contributed by atoms with van der Waals surface area (Å²) < 4.78 is 5.52. The maximum absolute atomic E-state index is 9.31. The van der Waals surface area contributed by atoms with Crippen LogP contribution in [0.4, 0.5) is 5.82 Å². The quantitative estimate of drug-likeness (QED) is 0.876. The summed E-state index contributed by atoms with van der Waals surface area (Å²) >= 11 is 1.84. The Morgan fingerprint density at radius 2 is 2.26 bits per heavy atom. The first-order valence-corrected chi connectivity index (χ1v) is 8.92. The van der Waals surface area contributed by atoms with Gasteiger partial charge in [-0.05, 0) is 42.7 Å². The van der Waals surface area contributed by atoms with Crippen molar-refractivity contribution in [3.63, 3.8) is 0 Å². The molecule has 0 amide bonds. The fourth-order valence-electron chi connectivity index (χ4n) is 2.60. The summed E-state index contributed by atoms with van der Waals surface area (Å²) in [7, 11) is 0. The van der Waals surface area contributed by atoms with Gasteiger partial charge in [-0.3, -0.25) is 0 Å². The lowest BCUT2D eigenvalue weighted by Crippen LogP contribution is -2.09.